The van der Waals surface area contributed by atoms with E-state index in [4.69, 9.17) is 0 Å². The van der Waals surface area contributed by atoms with Crippen molar-refractivity contribution in [2.75, 3.05) is 18.0 Å². The Hall–Kier alpha value is -1.05. The van der Waals surface area contributed by atoms with Gasteiger partial charge in [-0.15, -0.1) is 0 Å². The summed E-state index contributed by atoms with van der Waals surface area (Å²) in [5, 5.41) is 0. The Morgan fingerprint density at radius 1 is 1.07 bits per heavy atom. The van der Waals surface area contributed by atoms with Crippen LogP contribution in [0.25, 0.3) is 0 Å². The van der Waals surface area contributed by atoms with E-state index in [2.05, 4.69) is 29.8 Å². The molecule has 2 nitrogen and oxygen atoms in total. The molecule has 15 heavy (non-hydrogen) atoms. The van der Waals surface area contributed by atoms with Gasteiger partial charge in [-0.3, -0.25) is 0 Å². The molecule has 1 aromatic rings. The molecule has 0 spiro atoms. The standard InChI is InChI=1S/C11H18N2.C2H6/c1-3-9-13(10-4-2)11-7-5-6-8-12-11;1-2/h5-8H,3-4,9-10H2,1-2H3;1-2H3. The van der Waals surface area contributed by atoms with E-state index < -0.39 is 0 Å². The molecule has 0 unspecified atom stereocenters. The van der Waals surface area contributed by atoms with Gasteiger partial charge in [-0.1, -0.05) is 33.8 Å². The van der Waals surface area contributed by atoms with Crippen LogP contribution in [0.15, 0.2) is 24.4 Å². The lowest BCUT2D eigenvalue weighted by Gasteiger charge is -2.22. The van der Waals surface area contributed by atoms with Crippen LogP contribution >= 0.6 is 0 Å². The molecule has 1 rings (SSSR count). The maximum absolute atomic E-state index is 4.34. The molecule has 2 heteroatoms. The lowest BCUT2D eigenvalue weighted by Crippen LogP contribution is -2.25. The molecule has 1 aromatic heterocycles. The van der Waals surface area contributed by atoms with Crippen molar-refractivity contribution in [1.29, 1.82) is 0 Å². The molecule has 0 radical (unpaired) electrons. The fourth-order valence-electron chi connectivity index (χ4n) is 1.42. The van der Waals surface area contributed by atoms with Crippen molar-refractivity contribution in [1.82, 2.24) is 4.98 Å². The van der Waals surface area contributed by atoms with E-state index in [1.807, 2.05) is 32.2 Å². The van der Waals surface area contributed by atoms with Crippen molar-refractivity contribution in [3.8, 4) is 0 Å². The summed E-state index contributed by atoms with van der Waals surface area (Å²) in [5.41, 5.74) is 0. The molecule has 0 N–H and O–H groups in total. The van der Waals surface area contributed by atoms with Gasteiger partial charge in [0.15, 0.2) is 0 Å². The van der Waals surface area contributed by atoms with Crippen LogP contribution in [0, 0.1) is 0 Å². The van der Waals surface area contributed by atoms with Crippen LogP contribution in [0.2, 0.25) is 0 Å². The number of hydrogen-bond donors (Lipinski definition) is 0. The van der Waals surface area contributed by atoms with Crippen LogP contribution in [0.5, 0.6) is 0 Å². The molecule has 0 aliphatic heterocycles. The second-order valence-electron chi connectivity index (χ2n) is 3.17. The maximum atomic E-state index is 4.34. The molecule has 1 heterocycles. The highest BCUT2D eigenvalue weighted by Crippen LogP contribution is 2.09. The first-order chi connectivity index (χ1) is 7.38. The predicted molar refractivity (Wildman–Crippen MR) is 68.4 cm³/mol. The summed E-state index contributed by atoms with van der Waals surface area (Å²) in [6, 6.07) is 6.07. The van der Waals surface area contributed by atoms with Crippen LogP contribution in [0.1, 0.15) is 40.5 Å². The van der Waals surface area contributed by atoms with E-state index in [9.17, 15) is 0 Å². The zero-order valence-corrected chi connectivity index (χ0v) is 10.5. The lowest BCUT2D eigenvalue weighted by atomic mass is 10.3. The minimum absolute atomic E-state index is 1.10. The number of rotatable bonds is 5. The van der Waals surface area contributed by atoms with E-state index >= 15 is 0 Å². The number of aromatic nitrogens is 1. The molecule has 0 bridgehead atoms. The number of anilines is 1. The number of nitrogens with zero attached hydrogens (tertiary/aromatic N) is 2. The second kappa shape index (κ2) is 9.50. The molecule has 0 amide bonds. The van der Waals surface area contributed by atoms with Crippen LogP contribution in [-0.2, 0) is 0 Å². The van der Waals surface area contributed by atoms with Crippen LogP contribution < -0.4 is 4.90 Å². The van der Waals surface area contributed by atoms with Gasteiger partial charge in [-0.2, -0.15) is 0 Å². The Labute approximate surface area is 94.3 Å². The highest BCUT2D eigenvalue weighted by atomic mass is 15.2. The van der Waals surface area contributed by atoms with Crippen molar-refractivity contribution < 1.29 is 0 Å². The predicted octanol–water partition coefficient (Wildman–Crippen LogP) is 3.73. The molecule has 0 aliphatic rings. The first-order valence-electron chi connectivity index (χ1n) is 6.04. The minimum atomic E-state index is 1.10. The van der Waals surface area contributed by atoms with Crippen molar-refractivity contribution in [3.05, 3.63) is 24.4 Å². The quantitative estimate of drug-likeness (QED) is 0.733. The Morgan fingerprint density at radius 3 is 2.07 bits per heavy atom. The largest absolute Gasteiger partial charge is 0.357 e. The van der Waals surface area contributed by atoms with Gasteiger partial charge >= 0.3 is 0 Å². The fourth-order valence-corrected chi connectivity index (χ4v) is 1.42. The minimum Gasteiger partial charge on any atom is -0.357 e. The van der Waals surface area contributed by atoms with Gasteiger partial charge in [0.25, 0.3) is 0 Å². The Balaban J connectivity index is 0.000000921. The topological polar surface area (TPSA) is 16.1 Å². The summed E-state index contributed by atoms with van der Waals surface area (Å²) in [6.07, 6.45) is 4.21. The monoisotopic (exact) mass is 208 g/mol. The summed E-state index contributed by atoms with van der Waals surface area (Å²) in [7, 11) is 0. The van der Waals surface area contributed by atoms with E-state index in [0.29, 0.717) is 0 Å². The molecule has 0 fully saturated rings. The summed E-state index contributed by atoms with van der Waals surface area (Å²) in [5.74, 6) is 1.10. The maximum Gasteiger partial charge on any atom is 0.128 e. The lowest BCUT2D eigenvalue weighted by molar-refractivity contribution is 0.734. The van der Waals surface area contributed by atoms with Crippen LogP contribution in [0.3, 0.4) is 0 Å². The summed E-state index contributed by atoms with van der Waals surface area (Å²) < 4.78 is 0. The molecule has 0 atom stereocenters. The van der Waals surface area contributed by atoms with Crippen molar-refractivity contribution in [2.24, 2.45) is 0 Å². The van der Waals surface area contributed by atoms with Gasteiger partial charge in [-0.05, 0) is 25.0 Å². The molecule has 86 valence electrons. The van der Waals surface area contributed by atoms with Gasteiger partial charge in [0, 0.05) is 19.3 Å². The Bertz CT molecular complexity index is 215. The third-order valence-corrected chi connectivity index (χ3v) is 1.96. The van der Waals surface area contributed by atoms with Crippen molar-refractivity contribution in [3.63, 3.8) is 0 Å². The zero-order chi connectivity index (χ0) is 11.5. The van der Waals surface area contributed by atoms with Gasteiger partial charge in [0.05, 0.1) is 0 Å². The SMILES string of the molecule is CC.CCCN(CCC)c1ccccn1. The molecule has 0 saturated carbocycles. The van der Waals surface area contributed by atoms with Gasteiger partial charge in [0.2, 0.25) is 0 Å². The Kier molecular flexibility index (Phi) is 8.84. The number of pyridine rings is 1. The molecular weight excluding hydrogens is 184 g/mol. The normalized spacial score (nSPS) is 9.07. The van der Waals surface area contributed by atoms with Gasteiger partial charge in [0.1, 0.15) is 5.82 Å². The molecule has 0 aliphatic carbocycles. The van der Waals surface area contributed by atoms with Gasteiger partial charge in [-0.25, -0.2) is 4.98 Å². The van der Waals surface area contributed by atoms with Crippen molar-refractivity contribution >= 4 is 5.82 Å². The summed E-state index contributed by atoms with van der Waals surface area (Å²) in [6.45, 7) is 10.6. The van der Waals surface area contributed by atoms with Gasteiger partial charge < -0.3 is 4.90 Å². The molecule has 0 saturated heterocycles. The summed E-state index contributed by atoms with van der Waals surface area (Å²) in [4.78, 5) is 6.68. The average molecular weight is 208 g/mol. The van der Waals surface area contributed by atoms with Crippen LogP contribution in [0.4, 0.5) is 5.82 Å². The first-order valence-corrected chi connectivity index (χ1v) is 6.04. The highest BCUT2D eigenvalue weighted by Gasteiger charge is 2.03. The second-order valence-corrected chi connectivity index (χ2v) is 3.17. The smallest absolute Gasteiger partial charge is 0.128 e. The fraction of sp³-hybridized carbons (Fsp3) is 0.615. The Morgan fingerprint density at radius 2 is 1.67 bits per heavy atom. The number of hydrogen-bond acceptors (Lipinski definition) is 2. The van der Waals surface area contributed by atoms with E-state index in [1.54, 1.807) is 0 Å². The summed E-state index contributed by atoms with van der Waals surface area (Å²) >= 11 is 0. The first kappa shape index (κ1) is 13.9. The third-order valence-electron chi connectivity index (χ3n) is 1.96. The van der Waals surface area contributed by atoms with Crippen molar-refractivity contribution in [2.45, 2.75) is 40.5 Å². The van der Waals surface area contributed by atoms with E-state index in [0.717, 1.165) is 18.9 Å². The van der Waals surface area contributed by atoms with E-state index in [-0.39, 0.29) is 0 Å². The highest BCUT2D eigenvalue weighted by molar-refractivity contribution is 5.37. The van der Waals surface area contributed by atoms with Crippen LogP contribution in [-0.4, -0.2) is 18.1 Å². The third kappa shape index (κ3) is 5.40. The zero-order valence-electron chi connectivity index (χ0n) is 10.5. The van der Waals surface area contributed by atoms with E-state index in [1.165, 1.54) is 12.8 Å². The molecular formula is C13H24N2. The average Bonchev–Trinajstić information content (AvgIpc) is 2.33. The molecule has 0 aromatic carbocycles.